The highest BCUT2D eigenvalue weighted by Gasteiger charge is 2.11. The van der Waals surface area contributed by atoms with E-state index in [0.717, 1.165) is 21.2 Å². The van der Waals surface area contributed by atoms with Gasteiger partial charge >= 0.3 is 11.9 Å². The van der Waals surface area contributed by atoms with Crippen LogP contribution in [-0.4, -0.2) is 24.4 Å². The molecule has 0 fully saturated rings. The topological polar surface area (TPSA) is 77.3 Å². The van der Waals surface area contributed by atoms with Crippen molar-refractivity contribution in [3.05, 3.63) is 180 Å². The largest absolute Gasteiger partial charge is 0.422 e. The SMILES string of the molecule is O=C(Oc1ccccc1C=Nc1ccc(Sc2ccc(N=Cc3ccccc3OC(=O)c3ccccc3)cc2)cc1)c1ccccc1. The highest BCUT2D eigenvalue weighted by molar-refractivity contribution is 7.99. The van der Waals surface area contributed by atoms with Gasteiger partial charge in [0.15, 0.2) is 0 Å². The fraction of sp³-hybridized carbons (Fsp3) is 0. The van der Waals surface area contributed by atoms with Crippen LogP contribution in [0.2, 0.25) is 0 Å². The highest BCUT2D eigenvalue weighted by atomic mass is 32.2. The van der Waals surface area contributed by atoms with Gasteiger partial charge in [0.1, 0.15) is 11.5 Å². The summed E-state index contributed by atoms with van der Waals surface area (Å²) in [5, 5.41) is 0. The average molecular weight is 633 g/mol. The Labute approximate surface area is 277 Å². The van der Waals surface area contributed by atoms with Gasteiger partial charge in [-0.3, -0.25) is 9.98 Å². The predicted octanol–water partition coefficient (Wildman–Crippen LogP) is 9.78. The van der Waals surface area contributed by atoms with E-state index in [1.807, 2.05) is 97.1 Å². The molecular formula is C40H28N2O4S. The van der Waals surface area contributed by atoms with Crippen molar-refractivity contribution in [2.75, 3.05) is 0 Å². The van der Waals surface area contributed by atoms with Crippen LogP contribution >= 0.6 is 11.8 Å². The molecule has 0 saturated carbocycles. The lowest BCUT2D eigenvalue weighted by Crippen LogP contribution is -2.09. The molecule has 0 unspecified atom stereocenters. The summed E-state index contributed by atoms with van der Waals surface area (Å²) >= 11 is 1.63. The first-order valence-electron chi connectivity index (χ1n) is 14.8. The Kier molecular flexibility index (Phi) is 10.1. The maximum atomic E-state index is 12.5. The Morgan fingerprint density at radius 3 is 1.21 bits per heavy atom. The number of rotatable bonds is 10. The van der Waals surface area contributed by atoms with E-state index in [4.69, 9.17) is 9.47 Å². The van der Waals surface area contributed by atoms with Gasteiger partial charge in [-0.25, -0.2) is 9.59 Å². The van der Waals surface area contributed by atoms with Gasteiger partial charge in [0.2, 0.25) is 0 Å². The van der Waals surface area contributed by atoms with E-state index in [1.165, 1.54) is 0 Å². The molecule has 6 rings (SSSR count). The lowest BCUT2D eigenvalue weighted by molar-refractivity contribution is 0.0725. The zero-order valence-electron chi connectivity index (χ0n) is 25.1. The van der Waals surface area contributed by atoms with Crippen LogP contribution in [0.3, 0.4) is 0 Å². The molecule has 47 heavy (non-hydrogen) atoms. The third-order valence-electron chi connectivity index (χ3n) is 6.88. The number of carbonyl (C=O) groups excluding carboxylic acids is 2. The third kappa shape index (κ3) is 8.57. The van der Waals surface area contributed by atoms with Gasteiger partial charge in [0.05, 0.1) is 22.5 Å². The first-order valence-corrected chi connectivity index (χ1v) is 15.6. The summed E-state index contributed by atoms with van der Waals surface area (Å²) in [6.45, 7) is 0. The van der Waals surface area contributed by atoms with Gasteiger partial charge in [-0.1, -0.05) is 72.4 Å². The van der Waals surface area contributed by atoms with Crippen LogP contribution in [0.4, 0.5) is 11.4 Å². The molecule has 0 saturated heterocycles. The van der Waals surface area contributed by atoms with Crippen molar-refractivity contribution in [3.63, 3.8) is 0 Å². The van der Waals surface area contributed by atoms with Crippen molar-refractivity contribution in [2.24, 2.45) is 9.98 Å². The van der Waals surface area contributed by atoms with Gasteiger partial charge < -0.3 is 9.47 Å². The van der Waals surface area contributed by atoms with Crippen molar-refractivity contribution in [1.29, 1.82) is 0 Å². The molecule has 6 nitrogen and oxygen atoms in total. The molecule has 0 heterocycles. The Balaban J connectivity index is 1.06. The van der Waals surface area contributed by atoms with E-state index < -0.39 is 11.9 Å². The maximum absolute atomic E-state index is 12.5. The summed E-state index contributed by atoms with van der Waals surface area (Å²) < 4.78 is 11.3. The molecule has 0 aliphatic carbocycles. The van der Waals surface area contributed by atoms with Gasteiger partial charge in [0.25, 0.3) is 0 Å². The number of nitrogens with zero attached hydrogens (tertiary/aromatic N) is 2. The zero-order chi connectivity index (χ0) is 32.3. The molecule has 0 atom stereocenters. The first-order chi connectivity index (χ1) is 23.1. The minimum absolute atomic E-state index is 0.417. The van der Waals surface area contributed by atoms with E-state index in [1.54, 1.807) is 84.9 Å². The van der Waals surface area contributed by atoms with E-state index in [2.05, 4.69) is 9.98 Å². The summed E-state index contributed by atoms with van der Waals surface area (Å²) in [7, 11) is 0. The van der Waals surface area contributed by atoms with Gasteiger partial charge in [-0.05, 0) is 97.1 Å². The molecule has 0 aliphatic heterocycles. The minimum atomic E-state index is -0.417. The lowest BCUT2D eigenvalue weighted by Gasteiger charge is -2.07. The summed E-state index contributed by atoms with van der Waals surface area (Å²) in [4.78, 5) is 36.4. The van der Waals surface area contributed by atoms with Crippen molar-refractivity contribution in [2.45, 2.75) is 9.79 Å². The molecule has 0 amide bonds. The molecule has 0 radical (unpaired) electrons. The second-order valence-electron chi connectivity index (χ2n) is 10.2. The van der Waals surface area contributed by atoms with E-state index >= 15 is 0 Å². The van der Waals surface area contributed by atoms with Crippen molar-refractivity contribution < 1.29 is 19.1 Å². The smallest absolute Gasteiger partial charge is 0.343 e. The number of hydrogen-bond acceptors (Lipinski definition) is 7. The van der Waals surface area contributed by atoms with Gasteiger partial charge in [-0.15, -0.1) is 0 Å². The van der Waals surface area contributed by atoms with Crippen LogP contribution in [0.25, 0.3) is 0 Å². The van der Waals surface area contributed by atoms with E-state index in [-0.39, 0.29) is 0 Å². The normalized spacial score (nSPS) is 11.1. The third-order valence-corrected chi connectivity index (χ3v) is 7.89. The van der Waals surface area contributed by atoms with Gasteiger partial charge in [-0.2, -0.15) is 0 Å². The molecule has 228 valence electrons. The predicted molar refractivity (Wildman–Crippen MR) is 187 cm³/mol. The maximum Gasteiger partial charge on any atom is 0.343 e. The Bertz CT molecular complexity index is 1880. The number of hydrogen-bond donors (Lipinski definition) is 0. The average Bonchev–Trinajstić information content (AvgIpc) is 3.13. The van der Waals surface area contributed by atoms with Crippen LogP contribution in [0.15, 0.2) is 178 Å². The Morgan fingerprint density at radius 2 is 0.809 bits per heavy atom. The Morgan fingerprint density at radius 1 is 0.447 bits per heavy atom. The fourth-order valence-corrected chi connectivity index (χ4v) is 5.27. The molecule has 7 heteroatoms. The zero-order valence-corrected chi connectivity index (χ0v) is 25.9. The quantitative estimate of drug-likeness (QED) is 0.0854. The summed E-state index contributed by atoms with van der Waals surface area (Å²) in [5.41, 5.74) is 3.93. The van der Waals surface area contributed by atoms with Crippen LogP contribution in [0, 0.1) is 0 Å². The van der Waals surface area contributed by atoms with E-state index in [9.17, 15) is 9.59 Å². The van der Waals surface area contributed by atoms with Gasteiger partial charge in [0, 0.05) is 33.3 Å². The molecule has 6 aromatic rings. The van der Waals surface area contributed by atoms with Crippen LogP contribution < -0.4 is 9.47 Å². The number of para-hydroxylation sites is 2. The minimum Gasteiger partial charge on any atom is -0.422 e. The molecule has 0 bridgehead atoms. The first kappa shape index (κ1) is 31.0. The monoisotopic (exact) mass is 632 g/mol. The highest BCUT2D eigenvalue weighted by Crippen LogP contribution is 2.31. The second kappa shape index (κ2) is 15.3. The summed E-state index contributed by atoms with van der Waals surface area (Å²) in [6, 6.07) is 48.2. The summed E-state index contributed by atoms with van der Waals surface area (Å²) in [6.07, 6.45) is 3.39. The molecule has 0 spiro atoms. The molecule has 6 aromatic carbocycles. The molecule has 0 aliphatic rings. The molecule has 0 N–H and O–H groups in total. The molecule has 0 aromatic heterocycles. The lowest BCUT2D eigenvalue weighted by atomic mass is 10.2. The van der Waals surface area contributed by atoms with Crippen molar-refractivity contribution >= 4 is 47.5 Å². The number of carbonyl (C=O) groups is 2. The van der Waals surface area contributed by atoms with Crippen LogP contribution in [0.1, 0.15) is 31.8 Å². The standard InChI is InChI=1S/C40H28N2O4S/c43-39(29-11-3-1-4-12-29)45-37-17-9-7-15-31(37)27-41-33-19-23-35(24-20-33)47-36-25-21-34(22-26-36)42-28-32-16-8-10-18-38(32)46-40(44)30-13-5-2-6-14-30/h1-28H. The molecular weight excluding hydrogens is 605 g/mol. The number of aliphatic imine (C=N–C) groups is 2. The fourth-order valence-electron chi connectivity index (χ4n) is 4.45. The van der Waals surface area contributed by atoms with E-state index in [0.29, 0.717) is 33.8 Å². The van der Waals surface area contributed by atoms with Crippen molar-refractivity contribution in [3.8, 4) is 11.5 Å². The van der Waals surface area contributed by atoms with Crippen LogP contribution in [-0.2, 0) is 0 Å². The van der Waals surface area contributed by atoms with Crippen molar-refractivity contribution in [1.82, 2.24) is 0 Å². The summed E-state index contributed by atoms with van der Waals surface area (Å²) in [5.74, 6) is 0.0566. The Hall–Kier alpha value is -6.05. The van der Waals surface area contributed by atoms with Crippen LogP contribution in [0.5, 0.6) is 11.5 Å². The number of ether oxygens (including phenoxy) is 2. The number of esters is 2. The number of benzene rings is 6. The second-order valence-corrected chi connectivity index (χ2v) is 11.3.